The van der Waals surface area contributed by atoms with E-state index in [2.05, 4.69) is 6.92 Å². The molecule has 4 nitrogen and oxygen atoms in total. The van der Waals surface area contributed by atoms with Gasteiger partial charge in [-0.3, -0.25) is 4.55 Å². The number of unbranched alkanes of at least 4 members (excludes halogenated alkanes) is 3. The average Bonchev–Trinajstić information content (AvgIpc) is 2.01. The topological polar surface area (TPSA) is 57.6 Å². The van der Waals surface area contributed by atoms with Gasteiger partial charge in [0.05, 0.1) is 5.50 Å². The molecule has 0 amide bonds. The fourth-order valence-electron chi connectivity index (χ4n) is 1.17. The first-order chi connectivity index (χ1) is 6.39. The van der Waals surface area contributed by atoms with Crippen molar-refractivity contribution in [1.29, 1.82) is 0 Å². The van der Waals surface area contributed by atoms with Crippen molar-refractivity contribution in [3.05, 3.63) is 0 Å². The fraction of sp³-hybridized carbons (Fsp3) is 1.00. The first kappa shape index (κ1) is 14.2. The van der Waals surface area contributed by atoms with E-state index < -0.39 is 15.8 Å². The lowest BCUT2D eigenvalue weighted by Gasteiger charge is -2.20. The minimum Gasteiger partial charge on any atom is -0.273 e. The molecule has 86 valence electrons. The predicted octanol–water partition coefficient (Wildman–Crippen LogP) is 2.26. The molecule has 14 heavy (non-hydrogen) atoms. The fourth-order valence-corrected chi connectivity index (χ4v) is 2.30. The van der Waals surface area contributed by atoms with E-state index in [1.165, 1.54) is 6.92 Å². The lowest BCUT2D eigenvalue weighted by atomic mass is 10.2. The van der Waals surface area contributed by atoms with E-state index >= 15 is 0 Å². The molecule has 6 heteroatoms. The van der Waals surface area contributed by atoms with E-state index in [1.54, 1.807) is 0 Å². The zero-order valence-corrected chi connectivity index (χ0v) is 10.2. The molecule has 0 radical (unpaired) electrons. The van der Waals surface area contributed by atoms with E-state index in [9.17, 15) is 8.42 Å². The van der Waals surface area contributed by atoms with Crippen LogP contribution < -0.4 is 0 Å². The molecule has 0 aromatic carbocycles. The highest BCUT2D eigenvalue weighted by atomic mass is 35.5. The quantitative estimate of drug-likeness (QED) is 0.323. The largest absolute Gasteiger partial charge is 0.337 e. The van der Waals surface area contributed by atoms with Gasteiger partial charge in [-0.15, -0.1) is 11.6 Å². The Hall–Kier alpha value is 0.160. The van der Waals surface area contributed by atoms with Crippen molar-refractivity contribution in [1.82, 2.24) is 4.31 Å². The van der Waals surface area contributed by atoms with Gasteiger partial charge in [-0.2, -0.15) is 12.7 Å². The van der Waals surface area contributed by atoms with E-state index in [0.29, 0.717) is 0 Å². The molecule has 0 bridgehead atoms. The van der Waals surface area contributed by atoms with Crippen LogP contribution in [0.5, 0.6) is 0 Å². The molecule has 0 spiro atoms. The normalized spacial score (nSPS) is 14.6. The summed E-state index contributed by atoms with van der Waals surface area (Å²) < 4.78 is 31.4. The van der Waals surface area contributed by atoms with Gasteiger partial charge in [0.2, 0.25) is 0 Å². The van der Waals surface area contributed by atoms with Crippen molar-refractivity contribution in [2.24, 2.45) is 0 Å². The summed E-state index contributed by atoms with van der Waals surface area (Å²) in [6.07, 6.45) is 3.83. The van der Waals surface area contributed by atoms with Crippen LogP contribution in [0.25, 0.3) is 0 Å². The Morgan fingerprint density at radius 1 is 1.36 bits per heavy atom. The molecule has 0 aromatic rings. The molecule has 0 aliphatic carbocycles. The number of nitrogens with zero attached hydrogens (tertiary/aromatic N) is 1. The molecule has 0 aliphatic heterocycles. The summed E-state index contributed by atoms with van der Waals surface area (Å²) in [5, 5.41) is 0. The first-order valence-corrected chi connectivity index (χ1v) is 6.61. The third kappa shape index (κ3) is 5.80. The van der Waals surface area contributed by atoms with Crippen LogP contribution in [0.1, 0.15) is 39.5 Å². The molecule has 0 fully saturated rings. The van der Waals surface area contributed by atoms with Crippen LogP contribution in [0, 0.1) is 0 Å². The van der Waals surface area contributed by atoms with E-state index in [-0.39, 0.29) is 6.54 Å². The summed E-state index contributed by atoms with van der Waals surface area (Å²) in [5.41, 5.74) is -0.702. The standard InChI is InChI=1S/C8H18ClNO3S/c1-3-4-5-6-7-10(8(2)9)14(11,12)13/h8H,3-7H2,1-2H3,(H,11,12,13). The summed E-state index contributed by atoms with van der Waals surface area (Å²) in [5.74, 6) is 0. The van der Waals surface area contributed by atoms with Crippen LogP contribution in [-0.4, -0.2) is 29.3 Å². The number of hydrogen-bond donors (Lipinski definition) is 1. The van der Waals surface area contributed by atoms with Crippen molar-refractivity contribution in [3.63, 3.8) is 0 Å². The molecule has 0 rings (SSSR count). The van der Waals surface area contributed by atoms with E-state index in [0.717, 1.165) is 30.0 Å². The van der Waals surface area contributed by atoms with Crippen LogP contribution in [0.15, 0.2) is 0 Å². The maximum absolute atomic E-state index is 10.8. The highest BCUT2D eigenvalue weighted by molar-refractivity contribution is 7.83. The van der Waals surface area contributed by atoms with Crippen LogP contribution in [0.3, 0.4) is 0 Å². The van der Waals surface area contributed by atoms with E-state index in [4.69, 9.17) is 16.2 Å². The van der Waals surface area contributed by atoms with Gasteiger partial charge >= 0.3 is 10.3 Å². The Morgan fingerprint density at radius 3 is 2.29 bits per heavy atom. The van der Waals surface area contributed by atoms with Crippen molar-refractivity contribution in [2.75, 3.05) is 6.54 Å². The lowest BCUT2D eigenvalue weighted by molar-refractivity contribution is 0.336. The van der Waals surface area contributed by atoms with Crippen LogP contribution in [0.4, 0.5) is 0 Å². The monoisotopic (exact) mass is 243 g/mol. The van der Waals surface area contributed by atoms with Crippen LogP contribution in [0.2, 0.25) is 0 Å². The molecule has 0 aromatic heterocycles. The molecular formula is C8H18ClNO3S. The smallest absolute Gasteiger partial charge is 0.273 e. The number of hydrogen-bond acceptors (Lipinski definition) is 2. The Kier molecular flexibility index (Phi) is 6.68. The van der Waals surface area contributed by atoms with Gasteiger partial charge in [0.1, 0.15) is 0 Å². The van der Waals surface area contributed by atoms with Crippen molar-refractivity contribution < 1.29 is 13.0 Å². The van der Waals surface area contributed by atoms with E-state index in [1.807, 2.05) is 0 Å². The van der Waals surface area contributed by atoms with Crippen molar-refractivity contribution >= 4 is 21.9 Å². The van der Waals surface area contributed by atoms with Crippen LogP contribution >= 0.6 is 11.6 Å². The third-order valence-electron chi connectivity index (χ3n) is 1.93. The van der Waals surface area contributed by atoms with Gasteiger partial charge < -0.3 is 0 Å². The minimum atomic E-state index is -4.15. The molecular weight excluding hydrogens is 226 g/mol. The molecule has 0 saturated carbocycles. The number of rotatable bonds is 7. The molecule has 0 aliphatic rings. The molecule has 1 unspecified atom stereocenters. The van der Waals surface area contributed by atoms with Crippen molar-refractivity contribution in [3.8, 4) is 0 Å². The molecule has 1 atom stereocenters. The predicted molar refractivity (Wildman–Crippen MR) is 57.7 cm³/mol. The van der Waals surface area contributed by atoms with Gasteiger partial charge in [0, 0.05) is 6.54 Å². The van der Waals surface area contributed by atoms with Gasteiger partial charge in [-0.05, 0) is 13.3 Å². The molecule has 0 saturated heterocycles. The summed E-state index contributed by atoms with van der Waals surface area (Å²) in [4.78, 5) is 0. The highest BCUT2D eigenvalue weighted by Crippen LogP contribution is 2.11. The SMILES string of the molecule is CCCCCCN(C(C)Cl)S(=O)(=O)O. The van der Waals surface area contributed by atoms with Gasteiger partial charge in [-0.1, -0.05) is 26.2 Å². The Bertz CT molecular complexity index is 241. The van der Waals surface area contributed by atoms with Gasteiger partial charge in [0.15, 0.2) is 0 Å². The summed E-state index contributed by atoms with van der Waals surface area (Å²) in [6, 6.07) is 0. The average molecular weight is 244 g/mol. The lowest BCUT2D eigenvalue weighted by Crippen LogP contribution is -2.35. The molecule has 1 N–H and O–H groups in total. The zero-order valence-electron chi connectivity index (χ0n) is 8.61. The summed E-state index contributed by atoms with van der Waals surface area (Å²) in [7, 11) is -4.15. The second-order valence-electron chi connectivity index (χ2n) is 3.22. The second kappa shape index (κ2) is 6.61. The third-order valence-corrected chi connectivity index (χ3v) is 3.37. The zero-order chi connectivity index (χ0) is 11.2. The maximum Gasteiger partial charge on any atom is 0.337 e. The number of alkyl halides is 1. The number of halogens is 1. The highest BCUT2D eigenvalue weighted by Gasteiger charge is 2.22. The van der Waals surface area contributed by atoms with Crippen LogP contribution in [-0.2, 0) is 10.3 Å². The van der Waals surface area contributed by atoms with Gasteiger partial charge in [0.25, 0.3) is 0 Å². The maximum atomic E-state index is 10.8. The van der Waals surface area contributed by atoms with Gasteiger partial charge in [-0.25, -0.2) is 0 Å². The Labute approximate surface area is 91.1 Å². The Morgan fingerprint density at radius 2 is 1.93 bits per heavy atom. The summed E-state index contributed by atoms with van der Waals surface area (Å²) in [6.45, 7) is 3.88. The minimum absolute atomic E-state index is 0.281. The van der Waals surface area contributed by atoms with Crippen molar-refractivity contribution in [2.45, 2.75) is 45.0 Å². The second-order valence-corrected chi connectivity index (χ2v) is 5.22. The Balaban J connectivity index is 4.01. The first-order valence-electron chi connectivity index (χ1n) is 4.78. The molecule has 0 heterocycles. The summed E-state index contributed by atoms with van der Waals surface area (Å²) >= 11 is 5.63.